The van der Waals surface area contributed by atoms with Gasteiger partial charge in [0.05, 0.1) is 18.2 Å². The zero-order valence-electron chi connectivity index (χ0n) is 32.7. The predicted molar refractivity (Wildman–Crippen MR) is 212 cm³/mol. The highest BCUT2D eigenvalue weighted by molar-refractivity contribution is 5.99. The zero-order chi connectivity index (χ0) is 38.4. The van der Waals surface area contributed by atoms with Crippen LogP contribution < -0.4 is 20.9 Å². The van der Waals surface area contributed by atoms with Crippen LogP contribution in [-0.4, -0.2) is 71.9 Å². The minimum absolute atomic E-state index is 0.0939. The number of carbonyl (C=O) groups is 3. The Balaban J connectivity index is 1.83. The first-order valence-electron chi connectivity index (χ1n) is 19.2. The van der Waals surface area contributed by atoms with E-state index in [4.69, 9.17) is 0 Å². The van der Waals surface area contributed by atoms with Crippen LogP contribution in [-0.2, 0) is 20.8 Å². The van der Waals surface area contributed by atoms with E-state index in [9.17, 15) is 24.6 Å². The maximum absolute atomic E-state index is 14.0. The quantitative estimate of drug-likeness (QED) is 0.0871. The molecular weight excluding hydrogens is 652 g/mol. The summed E-state index contributed by atoms with van der Waals surface area (Å²) in [5.74, 6) is -1.05. The number of fused-ring (bicyclic) bond motifs is 1. The van der Waals surface area contributed by atoms with E-state index < -0.39 is 36.3 Å². The molecule has 9 nitrogen and oxygen atoms in total. The summed E-state index contributed by atoms with van der Waals surface area (Å²) < 4.78 is 0. The fourth-order valence-corrected chi connectivity index (χ4v) is 6.74. The van der Waals surface area contributed by atoms with Crippen molar-refractivity contribution in [2.45, 2.75) is 124 Å². The number of amides is 3. The van der Waals surface area contributed by atoms with Crippen LogP contribution in [0.5, 0.6) is 0 Å². The van der Waals surface area contributed by atoms with Gasteiger partial charge in [-0.15, -0.1) is 0 Å². The van der Waals surface area contributed by atoms with Gasteiger partial charge in [0.25, 0.3) is 0 Å². The van der Waals surface area contributed by atoms with Crippen molar-refractivity contribution in [3.8, 4) is 0 Å². The number of aliphatic hydroxyl groups is 2. The molecule has 3 aromatic rings. The SMILES string of the molecule is CCCC[C@H](NC(=O)C(C)N(C)c1c(Cc2ccccc2)ccc2ccccc12)C(=O)N[C@@H](CC(C)C)[C@@H](O)CC(CC(C)O)C(=O)NCC(C)C. The summed E-state index contributed by atoms with van der Waals surface area (Å²) in [6, 6.07) is 20.6. The van der Waals surface area contributed by atoms with Crippen molar-refractivity contribution in [3.05, 3.63) is 77.9 Å². The van der Waals surface area contributed by atoms with Gasteiger partial charge in [0, 0.05) is 30.6 Å². The summed E-state index contributed by atoms with van der Waals surface area (Å²) in [4.78, 5) is 43.1. The van der Waals surface area contributed by atoms with Gasteiger partial charge in [-0.2, -0.15) is 0 Å². The fourth-order valence-electron chi connectivity index (χ4n) is 6.74. The Morgan fingerprint density at radius 1 is 0.750 bits per heavy atom. The summed E-state index contributed by atoms with van der Waals surface area (Å²) in [5, 5.41) is 32.8. The first-order chi connectivity index (χ1) is 24.7. The van der Waals surface area contributed by atoms with Crippen LogP contribution in [0.1, 0.15) is 98.1 Å². The van der Waals surface area contributed by atoms with Gasteiger partial charge in [-0.05, 0) is 74.3 Å². The zero-order valence-corrected chi connectivity index (χ0v) is 32.7. The van der Waals surface area contributed by atoms with Crippen molar-refractivity contribution in [2.75, 3.05) is 18.5 Å². The molecule has 9 heteroatoms. The van der Waals surface area contributed by atoms with Crippen molar-refractivity contribution in [3.63, 3.8) is 0 Å². The van der Waals surface area contributed by atoms with E-state index in [1.807, 2.05) is 83.8 Å². The Hall–Kier alpha value is -3.95. The van der Waals surface area contributed by atoms with Crippen LogP contribution in [0.3, 0.4) is 0 Å². The van der Waals surface area contributed by atoms with E-state index in [1.54, 1.807) is 6.92 Å². The average Bonchev–Trinajstić information content (AvgIpc) is 3.10. The van der Waals surface area contributed by atoms with E-state index >= 15 is 0 Å². The number of nitrogens with one attached hydrogen (secondary N) is 3. The molecule has 0 aromatic heterocycles. The Kier molecular flexibility index (Phi) is 17.1. The first kappa shape index (κ1) is 42.5. The molecule has 0 aliphatic rings. The molecule has 286 valence electrons. The van der Waals surface area contributed by atoms with Crippen LogP contribution in [0, 0.1) is 17.8 Å². The molecule has 3 unspecified atom stereocenters. The molecular formula is C43H64N4O5. The number of nitrogens with zero attached hydrogens (tertiary/aromatic N) is 1. The van der Waals surface area contributed by atoms with Crippen LogP contribution in [0.25, 0.3) is 10.8 Å². The number of anilines is 1. The van der Waals surface area contributed by atoms with Crippen LogP contribution in [0.15, 0.2) is 66.7 Å². The third kappa shape index (κ3) is 12.9. The van der Waals surface area contributed by atoms with Gasteiger partial charge < -0.3 is 31.1 Å². The molecule has 0 bridgehead atoms. The van der Waals surface area contributed by atoms with E-state index in [2.05, 4.69) is 52.3 Å². The second-order valence-corrected chi connectivity index (χ2v) is 15.4. The molecule has 0 fully saturated rings. The summed E-state index contributed by atoms with van der Waals surface area (Å²) in [5.41, 5.74) is 3.25. The van der Waals surface area contributed by atoms with Crippen molar-refractivity contribution in [1.29, 1.82) is 0 Å². The van der Waals surface area contributed by atoms with Crippen LogP contribution >= 0.6 is 0 Å². The largest absolute Gasteiger partial charge is 0.393 e. The Morgan fingerprint density at radius 2 is 1.42 bits per heavy atom. The molecule has 0 aliphatic carbocycles. The number of unbranched alkanes of at least 4 members (excludes halogenated alkanes) is 1. The average molecular weight is 717 g/mol. The monoisotopic (exact) mass is 716 g/mol. The normalized spacial score (nSPS) is 15.1. The first-order valence-corrected chi connectivity index (χ1v) is 19.2. The molecule has 0 aliphatic heterocycles. The minimum atomic E-state index is -1.03. The number of hydrogen-bond acceptors (Lipinski definition) is 6. The number of hydrogen-bond donors (Lipinski definition) is 5. The third-order valence-electron chi connectivity index (χ3n) is 9.74. The second kappa shape index (κ2) is 20.9. The highest BCUT2D eigenvalue weighted by Gasteiger charge is 2.32. The molecule has 3 rings (SSSR count). The number of carbonyl (C=O) groups excluding carboxylic acids is 3. The van der Waals surface area contributed by atoms with Crippen LogP contribution in [0.4, 0.5) is 5.69 Å². The lowest BCUT2D eigenvalue weighted by Crippen LogP contribution is -2.56. The maximum atomic E-state index is 14.0. The van der Waals surface area contributed by atoms with Gasteiger partial charge in [-0.25, -0.2) is 0 Å². The molecule has 6 atom stereocenters. The Morgan fingerprint density at radius 3 is 2.06 bits per heavy atom. The molecule has 3 amide bonds. The maximum Gasteiger partial charge on any atom is 0.243 e. The minimum Gasteiger partial charge on any atom is -0.393 e. The predicted octanol–water partition coefficient (Wildman–Crippen LogP) is 6.37. The number of benzene rings is 3. The van der Waals surface area contributed by atoms with Crippen molar-refractivity contribution in [2.24, 2.45) is 17.8 Å². The Bertz CT molecular complexity index is 1560. The lowest BCUT2D eigenvalue weighted by Gasteiger charge is -2.32. The van der Waals surface area contributed by atoms with Gasteiger partial charge in [0.1, 0.15) is 12.1 Å². The van der Waals surface area contributed by atoms with Crippen molar-refractivity contribution >= 4 is 34.2 Å². The molecule has 0 radical (unpaired) electrons. The van der Waals surface area contributed by atoms with Gasteiger partial charge in [0.15, 0.2) is 0 Å². The summed E-state index contributed by atoms with van der Waals surface area (Å²) in [7, 11) is 1.93. The van der Waals surface area contributed by atoms with Gasteiger partial charge in [-0.3, -0.25) is 14.4 Å². The van der Waals surface area contributed by atoms with Gasteiger partial charge >= 0.3 is 0 Å². The van der Waals surface area contributed by atoms with E-state index in [0.717, 1.165) is 34.9 Å². The molecule has 0 saturated carbocycles. The van der Waals surface area contributed by atoms with Crippen LogP contribution in [0.2, 0.25) is 0 Å². The van der Waals surface area contributed by atoms with Gasteiger partial charge in [0.2, 0.25) is 17.7 Å². The molecule has 0 spiro atoms. The third-order valence-corrected chi connectivity index (χ3v) is 9.74. The fraction of sp³-hybridized carbons (Fsp3) is 0.558. The topological polar surface area (TPSA) is 131 Å². The smallest absolute Gasteiger partial charge is 0.243 e. The molecule has 5 N–H and O–H groups in total. The highest BCUT2D eigenvalue weighted by Crippen LogP contribution is 2.33. The summed E-state index contributed by atoms with van der Waals surface area (Å²) >= 11 is 0. The molecule has 0 heterocycles. The highest BCUT2D eigenvalue weighted by atomic mass is 16.3. The lowest BCUT2D eigenvalue weighted by molar-refractivity contribution is -0.131. The standard InChI is InChI=1S/C43H64N4O5/c1-9-10-20-37(43(52)46-38(23-28(2)3)39(49)26-35(24-30(6)48)42(51)44-27-29(4)5)45-41(50)31(7)47(8)40-34(25-32-16-12-11-13-17-32)22-21-33-18-14-15-19-36(33)40/h11-19,21-22,28-31,35,37-39,48-49H,9-10,20,23-27H2,1-8H3,(H,44,51)(H,45,50)(H,46,52)/t30?,31?,35?,37-,38-,39-/m0/s1. The van der Waals surface area contributed by atoms with E-state index in [0.29, 0.717) is 25.8 Å². The number of aliphatic hydroxyl groups excluding tert-OH is 2. The van der Waals surface area contributed by atoms with E-state index in [1.165, 1.54) is 5.56 Å². The molecule has 0 saturated heterocycles. The molecule has 52 heavy (non-hydrogen) atoms. The lowest BCUT2D eigenvalue weighted by atomic mass is 9.88. The molecule has 3 aromatic carbocycles. The van der Waals surface area contributed by atoms with E-state index in [-0.39, 0.29) is 42.4 Å². The number of likely N-dealkylation sites (N-methyl/N-ethyl adjacent to an activating group) is 1. The van der Waals surface area contributed by atoms with Crippen molar-refractivity contribution in [1.82, 2.24) is 16.0 Å². The summed E-state index contributed by atoms with van der Waals surface area (Å²) in [6.45, 7) is 14.1. The van der Waals surface area contributed by atoms with Gasteiger partial charge in [-0.1, -0.05) is 114 Å². The number of rotatable bonds is 21. The second-order valence-electron chi connectivity index (χ2n) is 15.4. The Labute approximate surface area is 312 Å². The van der Waals surface area contributed by atoms with Crippen molar-refractivity contribution < 1.29 is 24.6 Å². The summed E-state index contributed by atoms with van der Waals surface area (Å²) in [6.07, 6.45) is 1.77.